The van der Waals surface area contributed by atoms with Crippen LogP contribution in [0.1, 0.15) is 44.7 Å². The van der Waals surface area contributed by atoms with Gasteiger partial charge in [0.1, 0.15) is 0 Å². The Bertz CT molecular complexity index is 435. The zero-order chi connectivity index (χ0) is 15.2. The monoisotopic (exact) mass is 276 g/mol. The molecule has 1 unspecified atom stereocenters. The van der Waals surface area contributed by atoms with Crippen LogP contribution < -0.4 is 11.1 Å². The molecule has 0 aliphatic rings. The van der Waals surface area contributed by atoms with Crippen LogP contribution in [0.2, 0.25) is 0 Å². The summed E-state index contributed by atoms with van der Waals surface area (Å²) in [6.07, 6.45) is 2.14. The van der Waals surface area contributed by atoms with Gasteiger partial charge in [0.15, 0.2) is 0 Å². The lowest BCUT2D eigenvalue weighted by Gasteiger charge is -2.22. The fourth-order valence-electron chi connectivity index (χ4n) is 2.40. The predicted molar refractivity (Wildman–Crippen MR) is 84.6 cm³/mol. The summed E-state index contributed by atoms with van der Waals surface area (Å²) < 4.78 is 0. The summed E-state index contributed by atoms with van der Waals surface area (Å²) >= 11 is 0. The molecular weight excluding hydrogens is 248 g/mol. The lowest BCUT2D eigenvalue weighted by atomic mass is 9.87. The maximum Gasteiger partial charge on any atom is 0.221 e. The third kappa shape index (κ3) is 6.71. The number of hydrogen-bond acceptors (Lipinski definition) is 2. The van der Waals surface area contributed by atoms with E-state index in [1.54, 1.807) is 0 Å². The van der Waals surface area contributed by atoms with Crippen molar-refractivity contribution in [1.29, 1.82) is 0 Å². The molecule has 3 N–H and O–H groups in total. The van der Waals surface area contributed by atoms with Gasteiger partial charge in [-0.25, -0.2) is 0 Å². The number of benzene rings is 1. The molecule has 0 fully saturated rings. The van der Waals surface area contributed by atoms with Crippen LogP contribution in [-0.4, -0.2) is 18.5 Å². The highest BCUT2D eigenvalue weighted by molar-refractivity contribution is 5.76. The first kappa shape index (κ1) is 16.7. The first-order chi connectivity index (χ1) is 9.28. The Morgan fingerprint density at radius 3 is 2.55 bits per heavy atom. The molecule has 0 spiro atoms. The Morgan fingerprint density at radius 2 is 1.95 bits per heavy atom. The molecule has 1 rings (SSSR count). The van der Waals surface area contributed by atoms with Crippen molar-refractivity contribution in [2.75, 3.05) is 6.54 Å². The summed E-state index contributed by atoms with van der Waals surface area (Å²) in [4.78, 5) is 11.8. The van der Waals surface area contributed by atoms with Crippen LogP contribution in [0.25, 0.3) is 0 Å². The number of carbonyl (C=O) groups is 1. The Balaban J connectivity index is 2.29. The second-order valence-corrected chi connectivity index (χ2v) is 6.76. The van der Waals surface area contributed by atoms with Crippen LogP contribution in [0.15, 0.2) is 24.3 Å². The maximum atomic E-state index is 11.8. The van der Waals surface area contributed by atoms with Crippen LogP contribution >= 0.6 is 0 Å². The minimum atomic E-state index is -0.0616. The number of nitrogens with two attached hydrogens (primary N) is 1. The van der Waals surface area contributed by atoms with Crippen LogP contribution in [0.5, 0.6) is 0 Å². The SMILES string of the molecule is Cc1ccccc1CCNC(=O)CC(N)CC(C)(C)C. The normalized spacial score (nSPS) is 13.1. The van der Waals surface area contributed by atoms with Crippen molar-refractivity contribution >= 4 is 5.91 Å². The number of carbonyl (C=O) groups excluding carboxylic acids is 1. The Kier molecular flexibility index (Phi) is 6.21. The Hall–Kier alpha value is -1.35. The lowest BCUT2D eigenvalue weighted by Crippen LogP contribution is -2.35. The molecule has 20 heavy (non-hydrogen) atoms. The quantitative estimate of drug-likeness (QED) is 0.839. The summed E-state index contributed by atoms with van der Waals surface area (Å²) in [5.74, 6) is 0.0512. The fourth-order valence-corrected chi connectivity index (χ4v) is 2.40. The first-order valence-electron chi connectivity index (χ1n) is 7.35. The zero-order valence-electron chi connectivity index (χ0n) is 13.2. The van der Waals surface area contributed by atoms with Crippen molar-refractivity contribution in [3.8, 4) is 0 Å². The summed E-state index contributed by atoms with van der Waals surface area (Å²) in [5, 5.41) is 2.96. The number of aryl methyl sites for hydroxylation is 1. The third-order valence-corrected chi connectivity index (χ3v) is 3.30. The molecular formula is C17H28N2O. The molecule has 112 valence electrons. The van der Waals surface area contributed by atoms with Crippen LogP contribution in [0.4, 0.5) is 0 Å². The van der Waals surface area contributed by atoms with Gasteiger partial charge in [0.05, 0.1) is 0 Å². The van der Waals surface area contributed by atoms with Crippen LogP contribution in [0, 0.1) is 12.3 Å². The molecule has 1 aromatic rings. The van der Waals surface area contributed by atoms with Gasteiger partial charge in [0.25, 0.3) is 0 Å². The van der Waals surface area contributed by atoms with Gasteiger partial charge in [0.2, 0.25) is 5.91 Å². The average molecular weight is 276 g/mol. The number of rotatable bonds is 6. The fraction of sp³-hybridized carbons (Fsp3) is 0.588. The highest BCUT2D eigenvalue weighted by atomic mass is 16.1. The minimum absolute atomic E-state index is 0.0512. The van der Waals surface area contributed by atoms with E-state index in [-0.39, 0.29) is 17.4 Å². The van der Waals surface area contributed by atoms with E-state index in [0.717, 1.165) is 12.8 Å². The molecule has 0 saturated heterocycles. The molecule has 3 nitrogen and oxygen atoms in total. The number of nitrogens with one attached hydrogen (secondary N) is 1. The van der Waals surface area contributed by atoms with E-state index in [1.807, 2.05) is 12.1 Å². The molecule has 0 radical (unpaired) electrons. The van der Waals surface area contributed by atoms with Crippen molar-refractivity contribution < 1.29 is 4.79 Å². The Labute approximate surface area is 122 Å². The van der Waals surface area contributed by atoms with Crippen molar-refractivity contribution in [1.82, 2.24) is 5.32 Å². The summed E-state index contributed by atoms with van der Waals surface area (Å²) in [7, 11) is 0. The highest BCUT2D eigenvalue weighted by Gasteiger charge is 2.17. The van der Waals surface area contributed by atoms with Crippen LogP contribution in [0.3, 0.4) is 0 Å². The second kappa shape index (κ2) is 7.44. The van der Waals surface area contributed by atoms with Gasteiger partial charge in [-0.15, -0.1) is 0 Å². The molecule has 0 heterocycles. The van der Waals surface area contributed by atoms with E-state index in [9.17, 15) is 4.79 Å². The number of amides is 1. The zero-order valence-corrected chi connectivity index (χ0v) is 13.2. The molecule has 0 aromatic heterocycles. The van der Waals surface area contributed by atoms with Gasteiger partial charge < -0.3 is 11.1 Å². The molecule has 1 amide bonds. The molecule has 0 saturated carbocycles. The van der Waals surface area contributed by atoms with E-state index < -0.39 is 0 Å². The standard InChI is InChI=1S/C17H28N2O/c1-13-7-5-6-8-14(13)9-10-19-16(20)11-15(18)12-17(2,3)4/h5-8,15H,9-12,18H2,1-4H3,(H,19,20). The van der Waals surface area contributed by atoms with Crippen LogP contribution in [-0.2, 0) is 11.2 Å². The van der Waals surface area contributed by atoms with E-state index in [2.05, 4.69) is 45.1 Å². The molecule has 1 atom stereocenters. The van der Waals surface area contributed by atoms with E-state index in [0.29, 0.717) is 13.0 Å². The first-order valence-corrected chi connectivity index (χ1v) is 7.35. The smallest absolute Gasteiger partial charge is 0.221 e. The van der Waals surface area contributed by atoms with E-state index in [1.165, 1.54) is 11.1 Å². The second-order valence-electron chi connectivity index (χ2n) is 6.76. The molecule has 0 aliphatic heterocycles. The van der Waals surface area contributed by atoms with Crippen molar-refractivity contribution in [3.63, 3.8) is 0 Å². The molecule has 0 bridgehead atoms. The van der Waals surface area contributed by atoms with Crippen molar-refractivity contribution in [2.45, 2.75) is 53.0 Å². The van der Waals surface area contributed by atoms with Gasteiger partial charge in [-0.05, 0) is 36.3 Å². The number of hydrogen-bond donors (Lipinski definition) is 2. The largest absolute Gasteiger partial charge is 0.356 e. The predicted octanol–water partition coefficient (Wildman–Crippen LogP) is 2.81. The Morgan fingerprint density at radius 1 is 1.30 bits per heavy atom. The molecule has 0 aliphatic carbocycles. The van der Waals surface area contributed by atoms with Crippen molar-refractivity contribution in [2.24, 2.45) is 11.1 Å². The summed E-state index contributed by atoms with van der Waals surface area (Å²) in [6, 6.07) is 8.20. The van der Waals surface area contributed by atoms with Gasteiger partial charge in [-0.2, -0.15) is 0 Å². The van der Waals surface area contributed by atoms with Gasteiger partial charge in [-0.3, -0.25) is 4.79 Å². The summed E-state index contributed by atoms with van der Waals surface area (Å²) in [5.41, 5.74) is 8.73. The van der Waals surface area contributed by atoms with Crippen molar-refractivity contribution in [3.05, 3.63) is 35.4 Å². The minimum Gasteiger partial charge on any atom is -0.356 e. The topological polar surface area (TPSA) is 55.1 Å². The lowest BCUT2D eigenvalue weighted by molar-refractivity contribution is -0.121. The van der Waals surface area contributed by atoms with Gasteiger partial charge >= 0.3 is 0 Å². The van der Waals surface area contributed by atoms with Gasteiger partial charge in [0, 0.05) is 19.0 Å². The highest BCUT2D eigenvalue weighted by Crippen LogP contribution is 2.20. The van der Waals surface area contributed by atoms with E-state index in [4.69, 9.17) is 5.73 Å². The maximum absolute atomic E-state index is 11.8. The van der Waals surface area contributed by atoms with E-state index >= 15 is 0 Å². The average Bonchev–Trinajstić information content (AvgIpc) is 2.28. The third-order valence-electron chi connectivity index (χ3n) is 3.30. The summed E-state index contributed by atoms with van der Waals surface area (Å²) in [6.45, 7) is 9.19. The van der Waals surface area contributed by atoms with Gasteiger partial charge in [-0.1, -0.05) is 45.0 Å². The molecule has 3 heteroatoms. The molecule has 1 aromatic carbocycles.